The molecule has 1 amide bonds. The standard InChI is InChI=1S/C26H29N3O5/c1-5-12-31-21-11-9-18(15-22(21)32-13-6-2)23-25(29-34-28-23)27-26(30)24-16(4)19-14-17(7-3)8-10-20(19)33-24/h8-11,14-15H,5-7,12-13H2,1-4H3,(H,27,29,30). The molecule has 4 rings (SSSR count). The molecule has 0 aliphatic rings. The van der Waals surface area contributed by atoms with E-state index in [-0.39, 0.29) is 11.6 Å². The number of ether oxygens (including phenoxy) is 2. The summed E-state index contributed by atoms with van der Waals surface area (Å²) in [5.74, 6) is 1.27. The molecule has 0 aliphatic heterocycles. The molecule has 8 nitrogen and oxygen atoms in total. The van der Waals surface area contributed by atoms with E-state index in [1.807, 2.05) is 57.2 Å². The minimum atomic E-state index is -0.422. The van der Waals surface area contributed by atoms with Gasteiger partial charge in [0.25, 0.3) is 5.91 Å². The molecule has 1 N–H and O–H groups in total. The van der Waals surface area contributed by atoms with Crippen LogP contribution in [0.3, 0.4) is 0 Å². The number of hydrogen-bond donors (Lipinski definition) is 1. The summed E-state index contributed by atoms with van der Waals surface area (Å²) in [5.41, 5.74) is 3.69. The lowest BCUT2D eigenvalue weighted by molar-refractivity contribution is 0.0997. The van der Waals surface area contributed by atoms with E-state index in [9.17, 15) is 4.79 Å². The first-order valence-electron chi connectivity index (χ1n) is 11.6. The maximum atomic E-state index is 13.1. The van der Waals surface area contributed by atoms with Crippen molar-refractivity contribution >= 4 is 22.7 Å². The predicted molar refractivity (Wildman–Crippen MR) is 130 cm³/mol. The van der Waals surface area contributed by atoms with Crippen molar-refractivity contribution in [3.8, 4) is 22.8 Å². The Hall–Kier alpha value is -3.81. The number of nitrogens with zero attached hydrogens (tertiary/aromatic N) is 2. The summed E-state index contributed by atoms with van der Waals surface area (Å²) in [6.07, 6.45) is 2.66. The minimum absolute atomic E-state index is 0.197. The summed E-state index contributed by atoms with van der Waals surface area (Å²) in [6, 6.07) is 11.4. The summed E-state index contributed by atoms with van der Waals surface area (Å²) >= 11 is 0. The Morgan fingerprint density at radius 1 is 0.971 bits per heavy atom. The van der Waals surface area contributed by atoms with E-state index in [4.69, 9.17) is 18.5 Å². The fraction of sp³-hybridized carbons (Fsp3) is 0.346. The van der Waals surface area contributed by atoms with E-state index in [1.165, 1.54) is 5.56 Å². The molecular formula is C26H29N3O5. The molecule has 8 heteroatoms. The van der Waals surface area contributed by atoms with Gasteiger partial charge in [-0.2, -0.15) is 0 Å². The highest BCUT2D eigenvalue weighted by Gasteiger charge is 2.22. The molecule has 0 radical (unpaired) electrons. The van der Waals surface area contributed by atoms with Crippen LogP contribution in [0.2, 0.25) is 0 Å². The van der Waals surface area contributed by atoms with E-state index >= 15 is 0 Å². The molecule has 4 aromatic rings. The molecular weight excluding hydrogens is 434 g/mol. The highest BCUT2D eigenvalue weighted by molar-refractivity contribution is 6.07. The van der Waals surface area contributed by atoms with Crippen molar-refractivity contribution in [2.45, 2.75) is 47.0 Å². The quantitative estimate of drug-likeness (QED) is 0.299. The van der Waals surface area contributed by atoms with Gasteiger partial charge in [-0.3, -0.25) is 10.1 Å². The fourth-order valence-electron chi connectivity index (χ4n) is 3.64. The molecule has 0 unspecified atom stereocenters. The second-order valence-corrected chi connectivity index (χ2v) is 8.01. The third kappa shape index (κ3) is 4.76. The van der Waals surface area contributed by atoms with Gasteiger partial charge in [0.1, 0.15) is 5.58 Å². The Bertz CT molecular complexity index is 1290. The van der Waals surface area contributed by atoms with Crippen molar-refractivity contribution in [1.29, 1.82) is 0 Å². The van der Waals surface area contributed by atoms with Crippen LogP contribution in [0.5, 0.6) is 11.5 Å². The molecule has 0 aliphatic carbocycles. The number of hydrogen-bond acceptors (Lipinski definition) is 7. The molecule has 0 saturated heterocycles. The molecule has 2 aromatic heterocycles. The van der Waals surface area contributed by atoms with Crippen LogP contribution < -0.4 is 14.8 Å². The van der Waals surface area contributed by atoms with Crippen LogP contribution in [0.1, 0.15) is 55.3 Å². The third-order valence-electron chi connectivity index (χ3n) is 5.48. The number of aryl methyl sites for hydroxylation is 2. The SMILES string of the molecule is CCCOc1ccc(-c2nonc2NC(=O)c2oc3ccc(CC)cc3c2C)cc1OCCC. The first-order valence-corrected chi connectivity index (χ1v) is 11.6. The Morgan fingerprint density at radius 2 is 1.74 bits per heavy atom. The second-order valence-electron chi connectivity index (χ2n) is 8.01. The van der Waals surface area contributed by atoms with Gasteiger partial charge in [-0.25, -0.2) is 4.63 Å². The Labute approximate surface area is 198 Å². The van der Waals surface area contributed by atoms with Crippen LogP contribution >= 0.6 is 0 Å². The Balaban J connectivity index is 1.61. The number of rotatable bonds is 10. The van der Waals surface area contributed by atoms with Gasteiger partial charge in [-0.15, -0.1) is 0 Å². The summed E-state index contributed by atoms with van der Waals surface area (Å²) in [7, 11) is 0. The fourth-order valence-corrected chi connectivity index (χ4v) is 3.64. The highest BCUT2D eigenvalue weighted by atomic mass is 16.6. The molecule has 0 spiro atoms. The largest absolute Gasteiger partial charge is 0.490 e. The maximum absolute atomic E-state index is 13.1. The number of amides is 1. The van der Waals surface area contributed by atoms with Gasteiger partial charge in [0, 0.05) is 16.5 Å². The van der Waals surface area contributed by atoms with E-state index in [0.29, 0.717) is 41.6 Å². The van der Waals surface area contributed by atoms with Gasteiger partial charge in [0.05, 0.1) is 13.2 Å². The third-order valence-corrected chi connectivity index (χ3v) is 5.48. The van der Waals surface area contributed by atoms with E-state index < -0.39 is 5.91 Å². The lowest BCUT2D eigenvalue weighted by Crippen LogP contribution is -2.13. The van der Waals surface area contributed by atoms with Crippen LogP contribution in [-0.2, 0) is 6.42 Å². The van der Waals surface area contributed by atoms with Crippen molar-refractivity contribution in [3.63, 3.8) is 0 Å². The van der Waals surface area contributed by atoms with Crippen molar-refractivity contribution in [3.05, 3.63) is 53.3 Å². The number of carbonyl (C=O) groups excluding carboxylic acids is 1. The van der Waals surface area contributed by atoms with Gasteiger partial charge in [0.15, 0.2) is 23.0 Å². The number of aromatic nitrogens is 2. The summed E-state index contributed by atoms with van der Waals surface area (Å²) in [4.78, 5) is 13.1. The number of carbonyl (C=O) groups is 1. The number of fused-ring (bicyclic) bond motifs is 1. The lowest BCUT2D eigenvalue weighted by atomic mass is 10.1. The predicted octanol–water partition coefficient (Wildman–Crippen LogP) is 6.18. The zero-order chi connectivity index (χ0) is 24.1. The van der Waals surface area contributed by atoms with Crippen LogP contribution in [-0.4, -0.2) is 29.4 Å². The highest BCUT2D eigenvalue weighted by Crippen LogP contribution is 2.35. The van der Waals surface area contributed by atoms with Crippen molar-refractivity contribution < 1.29 is 23.3 Å². The Kier molecular flexibility index (Phi) is 7.15. The molecule has 0 saturated carbocycles. The number of nitrogens with one attached hydrogen (secondary N) is 1. The van der Waals surface area contributed by atoms with Crippen LogP contribution in [0.25, 0.3) is 22.2 Å². The Morgan fingerprint density at radius 3 is 2.47 bits per heavy atom. The molecule has 178 valence electrons. The monoisotopic (exact) mass is 463 g/mol. The lowest BCUT2D eigenvalue weighted by Gasteiger charge is -2.13. The first-order chi connectivity index (χ1) is 16.5. The normalized spacial score (nSPS) is 11.1. The van der Waals surface area contributed by atoms with Gasteiger partial charge >= 0.3 is 0 Å². The smallest absolute Gasteiger partial charge is 0.292 e. The van der Waals surface area contributed by atoms with E-state index in [1.54, 1.807) is 0 Å². The second kappa shape index (κ2) is 10.4. The minimum Gasteiger partial charge on any atom is -0.490 e. The average molecular weight is 464 g/mol. The van der Waals surface area contributed by atoms with Crippen LogP contribution in [0, 0.1) is 6.92 Å². The van der Waals surface area contributed by atoms with Crippen LogP contribution in [0.4, 0.5) is 5.82 Å². The zero-order valence-electron chi connectivity index (χ0n) is 19.9. The van der Waals surface area contributed by atoms with Crippen molar-refractivity contribution in [1.82, 2.24) is 10.3 Å². The van der Waals surface area contributed by atoms with Crippen molar-refractivity contribution in [2.75, 3.05) is 18.5 Å². The number of anilines is 1. The van der Waals surface area contributed by atoms with Gasteiger partial charge < -0.3 is 13.9 Å². The molecule has 34 heavy (non-hydrogen) atoms. The van der Waals surface area contributed by atoms with Gasteiger partial charge in [0.2, 0.25) is 5.82 Å². The zero-order valence-corrected chi connectivity index (χ0v) is 19.9. The van der Waals surface area contributed by atoms with E-state index in [2.05, 4.69) is 22.6 Å². The topological polar surface area (TPSA) is 99.6 Å². The summed E-state index contributed by atoms with van der Waals surface area (Å²) < 4.78 is 22.5. The molecule has 0 atom stereocenters. The van der Waals surface area contributed by atoms with Crippen molar-refractivity contribution in [2.24, 2.45) is 0 Å². The summed E-state index contributed by atoms with van der Waals surface area (Å²) in [5, 5.41) is 11.6. The maximum Gasteiger partial charge on any atom is 0.292 e. The van der Waals surface area contributed by atoms with Gasteiger partial charge in [-0.05, 0) is 72.4 Å². The number of furan rings is 1. The summed E-state index contributed by atoms with van der Waals surface area (Å²) in [6.45, 7) is 9.18. The molecule has 0 bridgehead atoms. The van der Waals surface area contributed by atoms with Crippen LogP contribution in [0.15, 0.2) is 45.4 Å². The van der Waals surface area contributed by atoms with E-state index in [0.717, 1.165) is 30.2 Å². The first kappa shape index (κ1) is 23.4. The average Bonchev–Trinajstić information content (AvgIpc) is 3.45. The number of benzene rings is 2. The van der Waals surface area contributed by atoms with Gasteiger partial charge in [-0.1, -0.05) is 26.8 Å². The molecule has 2 heterocycles. The molecule has 2 aromatic carbocycles. The molecule has 0 fully saturated rings.